The highest BCUT2D eigenvalue weighted by Crippen LogP contribution is 2.29. The summed E-state index contributed by atoms with van der Waals surface area (Å²) in [6, 6.07) is 1.66. The van der Waals surface area contributed by atoms with Crippen LogP contribution < -0.4 is 10.5 Å². The Morgan fingerprint density at radius 2 is 1.67 bits per heavy atom. The van der Waals surface area contributed by atoms with Gasteiger partial charge in [-0.2, -0.15) is 0 Å². The van der Waals surface area contributed by atoms with E-state index in [0.717, 1.165) is 12.1 Å². The molecule has 1 rings (SSSR count). The van der Waals surface area contributed by atoms with Crippen molar-refractivity contribution < 1.29 is 17.2 Å². The molecule has 0 aliphatic rings. The molecule has 0 spiro atoms. The Morgan fingerprint density at radius 1 is 1.14 bits per heavy atom. The predicted molar refractivity (Wildman–Crippen MR) is 79.2 cm³/mol. The van der Waals surface area contributed by atoms with Crippen molar-refractivity contribution in [3.8, 4) is 0 Å². The molecule has 0 heterocycles. The van der Waals surface area contributed by atoms with Crippen LogP contribution in [0.4, 0.5) is 14.5 Å². The lowest BCUT2D eigenvalue weighted by atomic mass is 9.82. The van der Waals surface area contributed by atoms with Gasteiger partial charge in [0, 0.05) is 11.2 Å². The molecule has 0 atom stereocenters. The molecule has 0 unspecified atom stereocenters. The summed E-state index contributed by atoms with van der Waals surface area (Å²) >= 11 is 0. The summed E-state index contributed by atoms with van der Waals surface area (Å²) in [4.78, 5) is -0.776. The van der Waals surface area contributed by atoms with Crippen LogP contribution in [0.5, 0.6) is 0 Å². The van der Waals surface area contributed by atoms with Gasteiger partial charge in [0.05, 0.1) is 0 Å². The first kappa shape index (κ1) is 17.8. The van der Waals surface area contributed by atoms with E-state index < -0.39 is 32.1 Å². The van der Waals surface area contributed by atoms with Gasteiger partial charge in [-0.1, -0.05) is 20.8 Å². The number of hydrogen-bond acceptors (Lipinski definition) is 3. The fourth-order valence-corrected chi connectivity index (χ4v) is 4.09. The monoisotopic (exact) mass is 320 g/mol. The summed E-state index contributed by atoms with van der Waals surface area (Å²) in [5, 5.41) is 0. The van der Waals surface area contributed by atoms with Gasteiger partial charge in [-0.15, -0.1) is 0 Å². The Balaban J connectivity index is 3.19. The van der Waals surface area contributed by atoms with Crippen molar-refractivity contribution in [3.05, 3.63) is 23.8 Å². The molecule has 0 bridgehead atoms. The molecule has 7 heteroatoms. The second kappa shape index (κ2) is 5.53. The number of benzene rings is 1. The van der Waals surface area contributed by atoms with Crippen molar-refractivity contribution >= 4 is 15.7 Å². The second-order valence-corrected chi connectivity index (χ2v) is 8.69. The van der Waals surface area contributed by atoms with Crippen molar-refractivity contribution in [2.75, 3.05) is 5.73 Å². The Morgan fingerprint density at radius 3 is 2.14 bits per heavy atom. The number of rotatable bonds is 4. The molecule has 120 valence electrons. The molecule has 0 aliphatic carbocycles. The van der Waals surface area contributed by atoms with E-state index in [4.69, 9.17) is 5.73 Å². The summed E-state index contributed by atoms with van der Waals surface area (Å²) < 4.78 is 54.0. The van der Waals surface area contributed by atoms with Crippen molar-refractivity contribution in [1.29, 1.82) is 0 Å². The van der Waals surface area contributed by atoms with E-state index >= 15 is 0 Å². The zero-order valence-corrected chi connectivity index (χ0v) is 13.7. The molecule has 1 aromatic carbocycles. The maximum Gasteiger partial charge on any atom is 0.244 e. The van der Waals surface area contributed by atoms with E-state index in [2.05, 4.69) is 4.72 Å². The molecule has 0 aromatic heterocycles. The second-order valence-electron chi connectivity index (χ2n) is 7.04. The largest absolute Gasteiger partial charge is 0.399 e. The third kappa shape index (κ3) is 4.93. The summed E-state index contributed by atoms with van der Waals surface area (Å²) in [6.45, 7) is 9.27. The van der Waals surface area contributed by atoms with Crippen LogP contribution in [0.2, 0.25) is 0 Å². The molecule has 0 fully saturated rings. The SMILES string of the molecule is CC(C)(C)CC(C)(C)NS(=O)(=O)c1cc(N)cc(F)c1F. The van der Waals surface area contributed by atoms with Crippen molar-refractivity contribution in [2.24, 2.45) is 5.41 Å². The van der Waals surface area contributed by atoms with Crippen LogP contribution in [0.15, 0.2) is 17.0 Å². The predicted octanol–water partition coefficient (Wildman–Crippen LogP) is 3.04. The van der Waals surface area contributed by atoms with E-state index in [-0.39, 0.29) is 11.1 Å². The summed E-state index contributed by atoms with van der Waals surface area (Å²) in [5.74, 6) is -2.72. The lowest BCUT2D eigenvalue weighted by molar-refractivity contribution is 0.269. The number of nitrogens with one attached hydrogen (secondary N) is 1. The zero-order chi connectivity index (χ0) is 16.6. The summed E-state index contributed by atoms with van der Waals surface area (Å²) in [5.41, 5.74) is 4.29. The van der Waals surface area contributed by atoms with E-state index in [1.54, 1.807) is 13.8 Å². The molecule has 0 saturated heterocycles. The first-order chi connectivity index (χ1) is 9.23. The Bertz CT molecular complexity index is 635. The maximum atomic E-state index is 13.7. The highest BCUT2D eigenvalue weighted by Gasteiger charge is 2.32. The van der Waals surface area contributed by atoms with Gasteiger partial charge >= 0.3 is 0 Å². The Labute approximate surface area is 124 Å². The van der Waals surface area contributed by atoms with Gasteiger partial charge in [0.1, 0.15) is 4.90 Å². The highest BCUT2D eigenvalue weighted by molar-refractivity contribution is 7.89. The molecule has 0 radical (unpaired) electrons. The molecular formula is C14H22F2N2O2S. The van der Waals surface area contributed by atoms with Crippen LogP contribution in [0.3, 0.4) is 0 Å². The minimum absolute atomic E-state index is 0.133. The van der Waals surface area contributed by atoms with Gasteiger partial charge < -0.3 is 5.73 Å². The quantitative estimate of drug-likeness (QED) is 0.838. The average Bonchev–Trinajstić information content (AvgIpc) is 2.17. The van der Waals surface area contributed by atoms with E-state index in [0.29, 0.717) is 6.42 Å². The number of anilines is 1. The molecule has 21 heavy (non-hydrogen) atoms. The fourth-order valence-electron chi connectivity index (χ4n) is 2.56. The third-order valence-electron chi connectivity index (χ3n) is 2.69. The first-order valence-corrected chi connectivity index (χ1v) is 8.00. The number of nitrogens with two attached hydrogens (primary N) is 1. The van der Waals surface area contributed by atoms with Gasteiger partial charge in [-0.05, 0) is 37.8 Å². The van der Waals surface area contributed by atoms with Gasteiger partial charge in [-0.25, -0.2) is 21.9 Å². The lowest BCUT2D eigenvalue weighted by Gasteiger charge is -2.33. The minimum Gasteiger partial charge on any atom is -0.399 e. The van der Waals surface area contributed by atoms with Gasteiger partial charge in [0.15, 0.2) is 11.6 Å². The number of hydrogen-bond donors (Lipinski definition) is 2. The summed E-state index contributed by atoms with van der Waals surface area (Å²) in [7, 11) is -4.21. The molecule has 4 nitrogen and oxygen atoms in total. The van der Waals surface area contributed by atoms with Crippen molar-refractivity contribution in [2.45, 2.75) is 51.5 Å². The standard InChI is InChI=1S/C14H22F2N2O2S/c1-13(2,3)8-14(4,5)18-21(19,20)11-7-9(17)6-10(15)12(11)16/h6-7,18H,8,17H2,1-5H3. The van der Waals surface area contributed by atoms with E-state index in [1.165, 1.54) is 0 Å². The van der Waals surface area contributed by atoms with Crippen LogP contribution >= 0.6 is 0 Å². The molecule has 0 aliphatic heterocycles. The van der Waals surface area contributed by atoms with Gasteiger partial charge in [0.2, 0.25) is 10.0 Å². The summed E-state index contributed by atoms with van der Waals surface area (Å²) in [6.07, 6.45) is 0.519. The van der Waals surface area contributed by atoms with Gasteiger partial charge in [0.25, 0.3) is 0 Å². The molecule has 1 aromatic rings. The number of halogens is 2. The number of nitrogen functional groups attached to an aromatic ring is 1. The zero-order valence-electron chi connectivity index (χ0n) is 12.9. The van der Waals surface area contributed by atoms with Crippen molar-refractivity contribution in [1.82, 2.24) is 4.72 Å². The van der Waals surface area contributed by atoms with Crippen LogP contribution in [0, 0.1) is 17.0 Å². The smallest absolute Gasteiger partial charge is 0.244 e. The van der Waals surface area contributed by atoms with Crippen LogP contribution in [-0.4, -0.2) is 14.0 Å². The Kier molecular flexibility index (Phi) is 4.70. The average molecular weight is 320 g/mol. The van der Waals surface area contributed by atoms with E-state index in [9.17, 15) is 17.2 Å². The third-order valence-corrected chi connectivity index (χ3v) is 4.39. The van der Waals surface area contributed by atoms with Crippen LogP contribution in [-0.2, 0) is 10.0 Å². The van der Waals surface area contributed by atoms with Crippen molar-refractivity contribution in [3.63, 3.8) is 0 Å². The highest BCUT2D eigenvalue weighted by atomic mass is 32.2. The van der Waals surface area contributed by atoms with Gasteiger partial charge in [-0.3, -0.25) is 0 Å². The van der Waals surface area contributed by atoms with Crippen LogP contribution in [0.1, 0.15) is 41.0 Å². The minimum atomic E-state index is -4.21. The normalized spacial score (nSPS) is 13.5. The molecule has 3 N–H and O–H groups in total. The Hall–Kier alpha value is -1.21. The molecule has 0 saturated carbocycles. The van der Waals surface area contributed by atoms with Crippen LogP contribution in [0.25, 0.3) is 0 Å². The first-order valence-electron chi connectivity index (χ1n) is 6.52. The topological polar surface area (TPSA) is 72.2 Å². The fraction of sp³-hybridized carbons (Fsp3) is 0.571. The lowest BCUT2D eigenvalue weighted by Crippen LogP contribution is -2.45. The molecular weight excluding hydrogens is 298 g/mol. The molecule has 0 amide bonds. The number of sulfonamides is 1. The van der Waals surface area contributed by atoms with E-state index in [1.807, 2.05) is 20.8 Å². The maximum absolute atomic E-state index is 13.7.